The maximum atomic E-state index is 10.7. The highest BCUT2D eigenvalue weighted by Gasteiger charge is 2.16. The molecular formula is C12H29NO. The van der Waals surface area contributed by atoms with Gasteiger partial charge in [0.05, 0.1) is 0 Å². The van der Waals surface area contributed by atoms with Crippen LogP contribution >= 0.6 is 0 Å². The van der Waals surface area contributed by atoms with Gasteiger partial charge in [0, 0.05) is 19.5 Å². The first-order valence-electron chi connectivity index (χ1n) is 6.12. The normalized spacial score (nSPS) is 12.8. The SMILES string of the molecule is CC.CC.CC.CCN1CCCC1=O. The van der Waals surface area contributed by atoms with Crippen LogP contribution < -0.4 is 0 Å². The van der Waals surface area contributed by atoms with E-state index >= 15 is 0 Å². The van der Waals surface area contributed by atoms with Crippen LogP contribution in [0.2, 0.25) is 0 Å². The summed E-state index contributed by atoms with van der Waals surface area (Å²) in [4.78, 5) is 12.6. The van der Waals surface area contributed by atoms with Crippen LogP contribution in [0, 0.1) is 0 Å². The van der Waals surface area contributed by atoms with Crippen molar-refractivity contribution in [3.8, 4) is 0 Å². The lowest BCUT2D eigenvalue weighted by Gasteiger charge is -2.10. The highest BCUT2D eigenvalue weighted by atomic mass is 16.2. The molecule has 1 rings (SSSR count). The Balaban J connectivity index is -0.000000174. The molecule has 1 saturated heterocycles. The molecule has 0 bridgehead atoms. The first-order valence-corrected chi connectivity index (χ1v) is 6.12. The molecule has 1 fully saturated rings. The van der Waals surface area contributed by atoms with Gasteiger partial charge in [-0.05, 0) is 13.3 Å². The second-order valence-corrected chi connectivity index (χ2v) is 2.08. The molecule has 2 nitrogen and oxygen atoms in total. The Hall–Kier alpha value is -0.530. The maximum Gasteiger partial charge on any atom is 0.222 e. The Labute approximate surface area is 90.7 Å². The Kier molecular flexibility index (Phi) is 25.0. The highest BCUT2D eigenvalue weighted by molar-refractivity contribution is 5.77. The van der Waals surface area contributed by atoms with E-state index in [1.807, 2.05) is 53.4 Å². The average Bonchev–Trinajstić information content (AvgIpc) is 2.72. The summed E-state index contributed by atoms with van der Waals surface area (Å²) in [7, 11) is 0. The third-order valence-corrected chi connectivity index (χ3v) is 1.55. The lowest BCUT2D eigenvalue weighted by atomic mass is 10.4. The zero-order valence-electron chi connectivity index (χ0n) is 11.2. The molecule has 0 unspecified atom stereocenters. The summed E-state index contributed by atoms with van der Waals surface area (Å²) < 4.78 is 0. The molecule has 0 aromatic rings. The van der Waals surface area contributed by atoms with E-state index in [0.717, 1.165) is 25.9 Å². The minimum Gasteiger partial charge on any atom is -0.343 e. The van der Waals surface area contributed by atoms with Crippen LogP contribution in [-0.2, 0) is 4.79 Å². The summed E-state index contributed by atoms with van der Waals surface area (Å²) in [5.74, 6) is 0.326. The number of carbonyl (C=O) groups is 1. The van der Waals surface area contributed by atoms with Gasteiger partial charge in [0.1, 0.15) is 0 Å². The van der Waals surface area contributed by atoms with Gasteiger partial charge in [0.15, 0.2) is 0 Å². The topological polar surface area (TPSA) is 20.3 Å². The van der Waals surface area contributed by atoms with Gasteiger partial charge in [-0.25, -0.2) is 0 Å². The van der Waals surface area contributed by atoms with Crippen LogP contribution in [0.5, 0.6) is 0 Å². The fourth-order valence-corrected chi connectivity index (χ4v) is 1.04. The van der Waals surface area contributed by atoms with E-state index in [9.17, 15) is 4.79 Å². The molecule has 0 aliphatic carbocycles. The molecule has 1 amide bonds. The Morgan fingerprint density at radius 1 is 1.07 bits per heavy atom. The van der Waals surface area contributed by atoms with Crippen molar-refractivity contribution >= 4 is 5.91 Å². The van der Waals surface area contributed by atoms with Crippen molar-refractivity contribution in [3.05, 3.63) is 0 Å². The van der Waals surface area contributed by atoms with Crippen LogP contribution in [0.4, 0.5) is 0 Å². The number of nitrogens with zero attached hydrogens (tertiary/aromatic N) is 1. The van der Waals surface area contributed by atoms with Crippen molar-refractivity contribution in [2.45, 2.75) is 61.3 Å². The van der Waals surface area contributed by atoms with Crippen LogP contribution in [0.1, 0.15) is 61.3 Å². The summed E-state index contributed by atoms with van der Waals surface area (Å²) in [6, 6.07) is 0. The highest BCUT2D eigenvalue weighted by Crippen LogP contribution is 2.07. The molecule has 0 saturated carbocycles. The molecule has 0 aromatic heterocycles. The van der Waals surface area contributed by atoms with E-state index in [1.54, 1.807) is 0 Å². The van der Waals surface area contributed by atoms with Crippen molar-refractivity contribution in [1.29, 1.82) is 0 Å². The van der Waals surface area contributed by atoms with E-state index in [-0.39, 0.29) is 0 Å². The number of amides is 1. The van der Waals surface area contributed by atoms with Crippen LogP contribution in [0.25, 0.3) is 0 Å². The predicted octanol–water partition coefficient (Wildman–Crippen LogP) is 3.71. The van der Waals surface area contributed by atoms with Gasteiger partial charge in [-0.2, -0.15) is 0 Å². The molecule has 1 aliphatic rings. The number of carbonyl (C=O) groups excluding carboxylic acids is 1. The number of likely N-dealkylation sites (tertiary alicyclic amines) is 1. The number of hydrogen-bond acceptors (Lipinski definition) is 1. The molecular weight excluding hydrogens is 174 g/mol. The van der Waals surface area contributed by atoms with Gasteiger partial charge in [0.2, 0.25) is 5.91 Å². The predicted molar refractivity (Wildman–Crippen MR) is 65.5 cm³/mol. The average molecular weight is 203 g/mol. The monoisotopic (exact) mass is 203 g/mol. The minimum atomic E-state index is 0.326. The quantitative estimate of drug-likeness (QED) is 0.636. The molecule has 88 valence electrons. The van der Waals surface area contributed by atoms with Crippen molar-refractivity contribution in [2.75, 3.05) is 13.1 Å². The summed E-state index contributed by atoms with van der Waals surface area (Å²) in [5.41, 5.74) is 0. The van der Waals surface area contributed by atoms with Gasteiger partial charge in [-0.3, -0.25) is 4.79 Å². The van der Waals surface area contributed by atoms with Crippen LogP contribution in [0.3, 0.4) is 0 Å². The van der Waals surface area contributed by atoms with Crippen LogP contribution in [0.15, 0.2) is 0 Å². The molecule has 1 heterocycles. The lowest BCUT2D eigenvalue weighted by Crippen LogP contribution is -2.23. The molecule has 0 radical (unpaired) electrons. The van der Waals surface area contributed by atoms with E-state index in [0.29, 0.717) is 5.91 Å². The third kappa shape index (κ3) is 9.56. The molecule has 14 heavy (non-hydrogen) atoms. The summed E-state index contributed by atoms with van der Waals surface area (Å²) in [6.07, 6.45) is 1.83. The molecule has 1 aliphatic heterocycles. The molecule has 2 heteroatoms. The fraction of sp³-hybridized carbons (Fsp3) is 0.917. The van der Waals surface area contributed by atoms with E-state index in [1.165, 1.54) is 0 Å². The maximum absolute atomic E-state index is 10.7. The van der Waals surface area contributed by atoms with E-state index in [2.05, 4.69) is 0 Å². The Morgan fingerprint density at radius 2 is 1.50 bits per heavy atom. The first kappa shape index (κ1) is 19.1. The zero-order chi connectivity index (χ0) is 12.0. The van der Waals surface area contributed by atoms with Crippen molar-refractivity contribution in [2.24, 2.45) is 0 Å². The first-order chi connectivity index (χ1) is 6.84. The Morgan fingerprint density at radius 3 is 1.64 bits per heavy atom. The van der Waals surface area contributed by atoms with Gasteiger partial charge in [-0.1, -0.05) is 41.5 Å². The summed E-state index contributed by atoms with van der Waals surface area (Å²) >= 11 is 0. The van der Waals surface area contributed by atoms with Gasteiger partial charge in [0.25, 0.3) is 0 Å². The lowest BCUT2D eigenvalue weighted by molar-refractivity contribution is -0.127. The van der Waals surface area contributed by atoms with Crippen molar-refractivity contribution in [1.82, 2.24) is 4.90 Å². The van der Waals surface area contributed by atoms with Crippen molar-refractivity contribution < 1.29 is 4.79 Å². The fourth-order valence-electron chi connectivity index (χ4n) is 1.04. The van der Waals surface area contributed by atoms with Gasteiger partial charge < -0.3 is 4.90 Å². The van der Waals surface area contributed by atoms with Gasteiger partial charge in [-0.15, -0.1) is 0 Å². The second kappa shape index (κ2) is 18.3. The zero-order valence-corrected chi connectivity index (χ0v) is 11.2. The largest absolute Gasteiger partial charge is 0.343 e. The molecule has 0 spiro atoms. The third-order valence-electron chi connectivity index (χ3n) is 1.55. The number of rotatable bonds is 1. The smallest absolute Gasteiger partial charge is 0.222 e. The molecule has 0 atom stereocenters. The number of hydrogen-bond donors (Lipinski definition) is 0. The van der Waals surface area contributed by atoms with Crippen molar-refractivity contribution in [3.63, 3.8) is 0 Å². The van der Waals surface area contributed by atoms with E-state index in [4.69, 9.17) is 0 Å². The standard InChI is InChI=1S/C6H11NO.3C2H6/c1-2-7-5-3-4-6(7)8;3*1-2/h2-5H2,1H3;3*1-2H3. The summed E-state index contributed by atoms with van der Waals surface area (Å²) in [5, 5.41) is 0. The van der Waals surface area contributed by atoms with Gasteiger partial charge >= 0.3 is 0 Å². The van der Waals surface area contributed by atoms with Crippen LogP contribution in [-0.4, -0.2) is 23.9 Å². The Bertz CT molecular complexity index is 102. The second-order valence-electron chi connectivity index (χ2n) is 2.08. The van der Waals surface area contributed by atoms with E-state index < -0.39 is 0 Å². The summed E-state index contributed by atoms with van der Waals surface area (Å²) in [6.45, 7) is 15.9. The molecule has 0 N–H and O–H groups in total. The minimum absolute atomic E-state index is 0.326. The molecule has 0 aromatic carbocycles.